The standard InChI is InChI=1S/C12H7NO6/c14-10(15)7-5-3-1-2-4-6(5)13-9(12(18)19)8(7)11(16)17/h1-4H,(H,14,15)(H,16,17)(H,18,19). The van der Waals surface area contributed by atoms with Gasteiger partial charge in [-0.3, -0.25) is 0 Å². The van der Waals surface area contributed by atoms with Gasteiger partial charge in [0.1, 0.15) is 5.56 Å². The van der Waals surface area contributed by atoms with Crippen LogP contribution in [0.15, 0.2) is 24.3 Å². The predicted molar refractivity (Wildman–Crippen MR) is 62.6 cm³/mol. The van der Waals surface area contributed by atoms with E-state index >= 15 is 0 Å². The van der Waals surface area contributed by atoms with E-state index in [2.05, 4.69) is 4.98 Å². The molecule has 19 heavy (non-hydrogen) atoms. The largest absolute Gasteiger partial charge is 0.478 e. The van der Waals surface area contributed by atoms with Crippen molar-refractivity contribution >= 4 is 28.8 Å². The van der Waals surface area contributed by atoms with Gasteiger partial charge < -0.3 is 15.3 Å². The molecule has 0 amide bonds. The molecule has 2 aromatic rings. The number of pyridine rings is 1. The Labute approximate surface area is 105 Å². The number of aromatic nitrogens is 1. The topological polar surface area (TPSA) is 125 Å². The Morgan fingerprint density at radius 2 is 1.42 bits per heavy atom. The van der Waals surface area contributed by atoms with Crippen molar-refractivity contribution < 1.29 is 29.7 Å². The van der Waals surface area contributed by atoms with Crippen LogP contribution >= 0.6 is 0 Å². The maximum Gasteiger partial charge on any atom is 0.355 e. The molecule has 7 heteroatoms. The highest BCUT2D eigenvalue weighted by molar-refractivity contribution is 6.15. The van der Waals surface area contributed by atoms with Gasteiger partial charge in [-0.25, -0.2) is 19.4 Å². The molecular formula is C12H7NO6. The van der Waals surface area contributed by atoms with Crippen molar-refractivity contribution in [2.24, 2.45) is 0 Å². The molecule has 0 spiro atoms. The molecule has 0 unspecified atom stereocenters. The average molecular weight is 261 g/mol. The van der Waals surface area contributed by atoms with Crippen LogP contribution in [-0.4, -0.2) is 38.2 Å². The van der Waals surface area contributed by atoms with E-state index in [4.69, 9.17) is 15.3 Å². The number of carboxylic acid groups (broad SMARTS) is 3. The summed E-state index contributed by atoms with van der Waals surface area (Å²) in [5, 5.41) is 27.2. The van der Waals surface area contributed by atoms with Gasteiger partial charge in [-0.05, 0) is 6.07 Å². The van der Waals surface area contributed by atoms with E-state index in [1.807, 2.05) is 0 Å². The van der Waals surface area contributed by atoms with Gasteiger partial charge in [0.2, 0.25) is 0 Å². The maximum absolute atomic E-state index is 11.2. The van der Waals surface area contributed by atoms with Crippen LogP contribution in [0.4, 0.5) is 0 Å². The van der Waals surface area contributed by atoms with Crippen LogP contribution in [0.5, 0.6) is 0 Å². The molecule has 3 N–H and O–H groups in total. The van der Waals surface area contributed by atoms with Crippen LogP contribution < -0.4 is 0 Å². The lowest BCUT2D eigenvalue weighted by Gasteiger charge is -2.08. The van der Waals surface area contributed by atoms with E-state index in [0.29, 0.717) is 0 Å². The Morgan fingerprint density at radius 3 is 1.95 bits per heavy atom. The van der Waals surface area contributed by atoms with Crippen LogP contribution in [-0.2, 0) is 0 Å². The van der Waals surface area contributed by atoms with Crippen LogP contribution in [0, 0.1) is 0 Å². The third-order valence-corrected chi connectivity index (χ3v) is 2.52. The second-order valence-electron chi connectivity index (χ2n) is 3.64. The Bertz CT molecular complexity index is 721. The summed E-state index contributed by atoms with van der Waals surface area (Å²) in [6.07, 6.45) is 0. The second kappa shape index (κ2) is 4.37. The molecule has 0 aliphatic heterocycles. The minimum atomic E-state index is -1.65. The van der Waals surface area contributed by atoms with Gasteiger partial charge in [-0.15, -0.1) is 0 Å². The van der Waals surface area contributed by atoms with E-state index in [1.165, 1.54) is 18.2 Å². The summed E-state index contributed by atoms with van der Waals surface area (Å²) in [6, 6.07) is 5.86. The molecule has 7 nitrogen and oxygen atoms in total. The van der Waals surface area contributed by atoms with Crippen LogP contribution in [0.2, 0.25) is 0 Å². The van der Waals surface area contributed by atoms with Crippen molar-refractivity contribution in [2.45, 2.75) is 0 Å². The lowest BCUT2D eigenvalue weighted by molar-refractivity contribution is 0.0631. The summed E-state index contributed by atoms with van der Waals surface area (Å²) < 4.78 is 0. The van der Waals surface area contributed by atoms with E-state index in [-0.39, 0.29) is 10.9 Å². The third-order valence-electron chi connectivity index (χ3n) is 2.52. The van der Waals surface area contributed by atoms with Crippen molar-refractivity contribution in [3.05, 3.63) is 41.1 Å². The molecule has 0 radical (unpaired) electrons. The highest BCUT2D eigenvalue weighted by atomic mass is 16.4. The highest BCUT2D eigenvalue weighted by Crippen LogP contribution is 2.24. The molecule has 0 aliphatic carbocycles. The summed E-state index contributed by atoms with van der Waals surface area (Å²) in [5.74, 6) is -4.75. The molecule has 0 bridgehead atoms. The first-order valence-electron chi connectivity index (χ1n) is 5.06. The number of nitrogens with zero attached hydrogens (tertiary/aromatic N) is 1. The Morgan fingerprint density at radius 1 is 0.842 bits per heavy atom. The summed E-state index contributed by atoms with van der Waals surface area (Å²) in [7, 11) is 0. The molecule has 2 rings (SSSR count). The first-order chi connectivity index (χ1) is 8.93. The lowest BCUT2D eigenvalue weighted by atomic mass is 10.0. The second-order valence-corrected chi connectivity index (χ2v) is 3.64. The number of carboxylic acids is 3. The first-order valence-corrected chi connectivity index (χ1v) is 5.06. The minimum absolute atomic E-state index is 0.0809. The van der Waals surface area contributed by atoms with E-state index < -0.39 is 34.7 Å². The number of hydrogen-bond donors (Lipinski definition) is 3. The van der Waals surface area contributed by atoms with Crippen LogP contribution in [0.3, 0.4) is 0 Å². The normalized spacial score (nSPS) is 10.3. The summed E-state index contributed by atoms with van der Waals surface area (Å²) in [6.45, 7) is 0. The fourth-order valence-corrected chi connectivity index (χ4v) is 1.80. The van der Waals surface area contributed by atoms with Crippen molar-refractivity contribution in [3.8, 4) is 0 Å². The molecule has 0 atom stereocenters. The van der Waals surface area contributed by atoms with E-state index in [0.717, 1.165) is 0 Å². The average Bonchev–Trinajstić information content (AvgIpc) is 2.35. The maximum atomic E-state index is 11.2. The Hall–Kier alpha value is -2.96. The molecule has 1 aromatic carbocycles. The van der Waals surface area contributed by atoms with Crippen LogP contribution in [0.25, 0.3) is 10.9 Å². The number of rotatable bonds is 3. The molecule has 0 saturated heterocycles. The Balaban J connectivity index is 3.04. The first kappa shape index (κ1) is 12.5. The fourth-order valence-electron chi connectivity index (χ4n) is 1.80. The van der Waals surface area contributed by atoms with Crippen molar-refractivity contribution in [1.29, 1.82) is 0 Å². The highest BCUT2D eigenvalue weighted by Gasteiger charge is 2.28. The summed E-state index contributed by atoms with van der Waals surface area (Å²) in [5.41, 5.74) is -2.07. The zero-order chi connectivity index (χ0) is 14.2. The zero-order valence-electron chi connectivity index (χ0n) is 9.32. The summed E-state index contributed by atoms with van der Waals surface area (Å²) in [4.78, 5) is 37.1. The molecular weight excluding hydrogens is 254 g/mol. The molecule has 1 heterocycles. The number of benzene rings is 1. The molecule has 96 valence electrons. The van der Waals surface area contributed by atoms with Crippen molar-refractivity contribution in [1.82, 2.24) is 4.98 Å². The van der Waals surface area contributed by atoms with Gasteiger partial charge in [-0.2, -0.15) is 0 Å². The number of fused-ring (bicyclic) bond motifs is 1. The van der Waals surface area contributed by atoms with Crippen molar-refractivity contribution in [3.63, 3.8) is 0 Å². The van der Waals surface area contributed by atoms with E-state index in [1.54, 1.807) is 6.07 Å². The zero-order valence-corrected chi connectivity index (χ0v) is 9.32. The van der Waals surface area contributed by atoms with Crippen LogP contribution in [0.1, 0.15) is 31.2 Å². The SMILES string of the molecule is O=C(O)c1nc2ccccc2c(C(=O)O)c1C(=O)O. The third kappa shape index (κ3) is 1.97. The monoisotopic (exact) mass is 261 g/mol. The lowest BCUT2D eigenvalue weighted by Crippen LogP contribution is -2.17. The van der Waals surface area contributed by atoms with Gasteiger partial charge in [0.05, 0.1) is 11.1 Å². The molecule has 0 fully saturated rings. The number of aromatic carboxylic acids is 3. The predicted octanol–water partition coefficient (Wildman–Crippen LogP) is 1.33. The molecule has 0 saturated carbocycles. The quantitative estimate of drug-likeness (QED) is 0.760. The van der Waals surface area contributed by atoms with Gasteiger partial charge >= 0.3 is 17.9 Å². The molecule has 1 aromatic heterocycles. The number of para-hydroxylation sites is 1. The van der Waals surface area contributed by atoms with Gasteiger partial charge in [0, 0.05) is 5.39 Å². The smallest absolute Gasteiger partial charge is 0.355 e. The van der Waals surface area contributed by atoms with E-state index in [9.17, 15) is 14.4 Å². The van der Waals surface area contributed by atoms with Gasteiger partial charge in [-0.1, -0.05) is 18.2 Å². The minimum Gasteiger partial charge on any atom is -0.478 e. The van der Waals surface area contributed by atoms with Gasteiger partial charge in [0.25, 0.3) is 0 Å². The molecule has 0 aliphatic rings. The van der Waals surface area contributed by atoms with Crippen molar-refractivity contribution in [2.75, 3.05) is 0 Å². The Kier molecular flexibility index (Phi) is 2.88. The van der Waals surface area contributed by atoms with Gasteiger partial charge in [0.15, 0.2) is 5.69 Å². The fraction of sp³-hybridized carbons (Fsp3) is 0. The number of carbonyl (C=O) groups is 3. The number of hydrogen-bond acceptors (Lipinski definition) is 4. The summed E-state index contributed by atoms with van der Waals surface area (Å²) >= 11 is 0.